The maximum atomic E-state index is 11.6. The summed E-state index contributed by atoms with van der Waals surface area (Å²) in [5, 5.41) is 0. The van der Waals surface area contributed by atoms with Gasteiger partial charge in [-0.05, 0) is 47.7 Å². The van der Waals surface area contributed by atoms with E-state index in [4.69, 9.17) is 0 Å². The Hall–Kier alpha value is 0.450. The number of hydrogen-bond acceptors (Lipinski definition) is 2. The summed E-state index contributed by atoms with van der Waals surface area (Å²) in [4.78, 5) is 12.2. The topological polar surface area (TPSA) is 17.1 Å². The molecule has 0 saturated heterocycles. The van der Waals surface area contributed by atoms with Crippen molar-refractivity contribution in [2.45, 2.75) is 16.6 Å². The molecular weight excluding hydrogens is 363 g/mol. The van der Waals surface area contributed by atoms with Crippen LogP contribution in [0.4, 0.5) is 0 Å². The lowest BCUT2D eigenvalue weighted by molar-refractivity contribution is 0.0993. The standard InChI is InChI=1S/C9H8BrIOS/c1-5(10)9(12)7-3-2-6(11)4-8(7)13/h2-5,13H,1H3. The fraction of sp³-hybridized carbons (Fsp3) is 0.222. The van der Waals surface area contributed by atoms with Gasteiger partial charge in [0.15, 0.2) is 5.78 Å². The summed E-state index contributed by atoms with van der Waals surface area (Å²) in [6.45, 7) is 1.81. The van der Waals surface area contributed by atoms with Gasteiger partial charge in [-0.3, -0.25) is 4.79 Å². The Labute approximate surface area is 105 Å². The molecule has 1 aromatic rings. The highest BCUT2D eigenvalue weighted by Crippen LogP contribution is 2.20. The van der Waals surface area contributed by atoms with Crippen molar-refractivity contribution < 1.29 is 4.79 Å². The highest BCUT2D eigenvalue weighted by Gasteiger charge is 2.14. The number of benzene rings is 1. The van der Waals surface area contributed by atoms with E-state index < -0.39 is 0 Å². The van der Waals surface area contributed by atoms with Gasteiger partial charge in [0, 0.05) is 14.0 Å². The fourth-order valence-electron chi connectivity index (χ4n) is 0.927. The van der Waals surface area contributed by atoms with E-state index in [1.807, 2.05) is 25.1 Å². The molecule has 1 aromatic carbocycles. The monoisotopic (exact) mass is 370 g/mol. The predicted molar refractivity (Wildman–Crippen MR) is 69.1 cm³/mol. The number of rotatable bonds is 2. The van der Waals surface area contributed by atoms with Crippen LogP contribution in [0, 0.1) is 3.57 Å². The van der Waals surface area contributed by atoms with Crippen molar-refractivity contribution in [3.8, 4) is 0 Å². The van der Waals surface area contributed by atoms with E-state index in [0.29, 0.717) is 5.56 Å². The van der Waals surface area contributed by atoms with Crippen molar-refractivity contribution in [2.75, 3.05) is 0 Å². The lowest BCUT2D eigenvalue weighted by atomic mass is 10.1. The van der Waals surface area contributed by atoms with Crippen LogP contribution in [0.25, 0.3) is 0 Å². The van der Waals surface area contributed by atoms with E-state index in [0.717, 1.165) is 8.47 Å². The van der Waals surface area contributed by atoms with Crippen LogP contribution >= 0.6 is 51.1 Å². The van der Waals surface area contributed by atoms with E-state index in [-0.39, 0.29) is 10.6 Å². The van der Waals surface area contributed by atoms with Crippen LogP contribution in [-0.2, 0) is 0 Å². The Balaban J connectivity index is 3.09. The molecule has 0 amide bonds. The van der Waals surface area contributed by atoms with E-state index >= 15 is 0 Å². The SMILES string of the molecule is CC(Br)C(=O)c1ccc(I)cc1S. The maximum Gasteiger partial charge on any atom is 0.177 e. The Bertz CT molecular complexity index is 338. The van der Waals surface area contributed by atoms with Gasteiger partial charge in [-0.25, -0.2) is 0 Å². The summed E-state index contributed by atoms with van der Waals surface area (Å²) in [7, 11) is 0. The van der Waals surface area contributed by atoms with Crippen LogP contribution < -0.4 is 0 Å². The normalized spacial score (nSPS) is 12.6. The smallest absolute Gasteiger partial charge is 0.177 e. The largest absolute Gasteiger partial charge is 0.293 e. The van der Waals surface area contributed by atoms with Crippen molar-refractivity contribution in [1.29, 1.82) is 0 Å². The van der Waals surface area contributed by atoms with Gasteiger partial charge in [-0.15, -0.1) is 12.6 Å². The van der Waals surface area contributed by atoms with Crippen molar-refractivity contribution in [1.82, 2.24) is 0 Å². The van der Waals surface area contributed by atoms with Crippen LogP contribution in [0.3, 0.4) is 0 Å². The van der Waals surface area contributed by atoms with Gasteiger partial charge in [-0.1, -0.05) is 15.9 Å². The lowest BCUT2D eigenvalue weighted by Crippen LogP contribution is -2.10. The van der Waals surface area contributed by atoms with E-state index in [1.54, 1.807) is 0 Å². The summed E-state index contributed by atoms with van der Waals surface area (Å²) in [5.74, 6) is 0.0707. The molecule has 0 saturated carbocycles. The molecule has 1 atom stereocenters. The van der Waals surface area contributed by atoms with Gasteiger partial charge in [0.05, 0.1) is 4.83 Å². The third-order valence-electron chi connectivity index (χ3n) is 1.59. The van der Waals surface area contributed by atoms with Gasteiger partial charge in [0.2, 0.25) is 0 Å². The number of halogens is 2. The molecule has 0 aliphatic heterocycles. The van der Waals surface area contributed by atoms with Crippen LogP contribution in [0.5, 0.6) is 0 Å². The third-order valence-corrected chi connectivity index (χ3v) is 3.04. The first-order valence-corrected chi connectivity index (χ1v) is 6.13. The molecule has 0 aliphatic rings. The zero-order valence-corrected chi connectivity index (χ0v) is 11.6. The first kappa shape index (κ1) is 11.5. The van der Waals surface area contributed by atoms with Gasteiger partial charge >= 0.3 is 0 Å². The molecule has 0 radical (unpaired) electrons. The third kappa shape index (κ3) is 2.95. The average Bonchev–Trinajstić information content (AvgIpc) is 2.03. The van der Waals surface area contributed by atoms with Crippen LogP contribution in [-0.4, -0.2) is 10.6 Å². The summed E-state index contributed by atoms with van der Waals surface area (Å²) < 4.78 is 1.08. The Morgan fingerprint density at radius 2 is 2.23 bits per heavy atom. The van der Waals surface area contributed by atoms with E-state index in [1.165, 1.54) is 0 Å². The summed E-state index contributed by atoms with van der Waals surface area (Å²) in [6, 6.07) is 5.60. The molecule has 0 aliphatic carbocycles. The molecule has 70 valence electrons. The average molecular weight is 371 g/mol. The Kier molecular flexibility index (Phi) is 4.25. The predicted octanol–water partition coefficient (Wildman–Crippen LogP) is 3.55. The van der Waals surface area contributed by atoms with Crippen LogP contribution in [0.1, 0.15) is 17.3 Å². The summed E-state index contributed by atoms with van der Waals surface area (Å²) >= 11 is 9.69. The minimum atomic E-state index is -0.154. The minimum absolute atomic E-state index is 0.0707. The van der Waals surface area contributed by atoms with Gasteiger partial charge in [0.25, 0.3) is 0 Å². The highest BCUT2D eigenvalue weighted by atomic mass is 127. The molecule has 1 nitrogen and oxygen atoms in total. The number of Topliss-reactive ketones (excluding diaryl/α,β-unsaturated/α-hetero) is 1. The molecule has 0 aromatic heterocycles. The minimum Gasteiger partial charge on any atom is -0.293 e. The number of ketones is 1. The quantitative estimate of drug-likeness (QED) is 0.364. The fourth-order valence-corrected chi connectivity index (χ4v) is 2.24. The lowest BCUT2D eigenvalue weighted by Gasteiger charge is -2.05. The number of carbonyl (C=O) groups excluding carboxylic acids is 1. The molecule has 0 fully saturated rings. The van der Waals surface area contributed by atoms with Crippen LogP contribution in [0.15, 0.2) is 23.1 Å². The molecule has 0 spiro atoms. The van der Waals surface area contributed by atoms with Crippen molar-refractivity contribution in [2.24, 2.45) is 0 Å². The second-order valence-electron chi connectivity index (χ2n) is 2.64. The first-order chi connectivity index (χ1) is 6.02. The van der Waals surface area contributed by atoms with Gasteiger partial charge in [0.1, 0.15) is 0 Å². The van der Waals surface area contributed by atoms with Gasteiger partial charge < -0.3 is 0 Å². The second kappa shape index (κ2) is 4.79. The zero-order valence-electron chi connectivity index (χ0n) is 6.92. The van der Waals surface area contributed by atoms with Crippen molar-refractivity contribution in [3.63, 3.8) is 0 Å². The number of alkyl halides is 1. The Morgan fingerprint density at radius 3 is 2.69 bits per heavy atom. The molecule has 4 heteroatoms. The Morgan fingerprint density at radius 1 is 1.62 bits per heavy atom. The van der Waals surface area contributed by atoms with E-state index in [9.17, 15) is 4.79 Å². The molecule has 0 heterocycles. The van der Waals surface area contributed by atoms with Gasteiger partial charge in [-0.2, -0.15) is 0 Å². The zero-order chi connectivity index (χ0) is 10.0. The number of carbonyl (C=O) groups is 1. The summed E-state index contributed by atoms with van der Waals surface area (Å²) in [6.07, 6.45) is 0. The van der Waals surface area contributed by atoms with Crippen molar-refractivity contribution in [3.05, 3.63) is 27.3 Å². The highest BCUT2D eigenvalue weighted by molar-refractivity contribution is 14.1. The second-order valence-corrected chi connectivity index (χ2v) is 5.74. The number of thiol groups is 1. The molecule has 0 bridgehead atoms. The van der Waals surface area contributed by atoms with E-state index in [2.05, 4.69) is 51.1 Å². The van der Waals surface area contributed by atoms with Crippen LogP contribution in [0.2, 0.25) is 0 Å². The summed E-state index contributed by atoms with van der Waals surface area (Å²) in [5.41, 5.74) is 0.674. The molecule has 1 rings (SSSR count). The first-order valence-electron chi connectivity index (χ1n) is 3.69. The molecule has 13 heavy (non-hydrogen) atoms. The van der Waals surface area contributed by atoms with Crippen molar-refractivity contribution >= 4 is 56.9 Å². The number of hydrogen-bond donors (Lipinski definition) is 1. The molecular formula is C9H8BrIOS. The molecule has 1 unspecified atom stereocenters. The molecule has 0 N–H and O–H groups in total. The maximum absolute atomic E-state index is 11.6.